The Labute approximate surface area is 83.0 Å². The average Bonchev–Trinajstić information content (AvgIpc) is 2.17. The molecule has 0 radical (unpaired) electrons. The molecule has 68 valence electrons. The highest BCUT2D eigenvalue weighted by Gasteiger charge is 2.09. The highest BCUT2D eigenvalue weighted by Crippen LogP contribution is 2.25. The van der Waals surface area contributed by atoms with E-state index in [0.29, 0.717) is 0 Å². The van der Waals surface area contributed by atoms with Crippen LogP contribution in [0.2, 0.25) is 0 Å². The second-order valence-electron chi connectivity index (χ2n) is 2.74. The Hall–Kier alpha value is -1.01. The van der Waals surface area contributed by atoms with Gasteiger partial charge < -0.3 is 0 Å². The van der Waals surface area contributed by atoms with Crippen LogP contribution in [0.5, 0.6) is 0 Å². The van der Waals surface area contributed by atoms with Crippen molar-refractivity contribution in [3.05, 3.63) is 23.0 Å². The van der Waals surface area contributed by atoms with Gasteiger partial charge in [0.15, 0.2) is 0 Å². The Balaban J connectivity index is 3.38. The Morgan fingerprint density at radius 2 is 2.31 bits per heavy atom. The van der Waals surface area contributed by atoms with E-state index in [2.05, 4.69) is 18.0 Å². The van der Waals surface area contributed by atoms with Crippen molar-refractivity contribution in [1.82, 2.24) is 4.98 Å². The van der Waals surface area contributed by atoms with E-state index in [1.165, 1.54) is 0 Å². The second-order valence-corrected chi connectivity index (χ2v) is 3.56. The van der Waals surface area contributed by atoms with Crippen LogP contribution in [-0.2, 0) is 6.42 Å². The monoisotopic (exact) mass is 192 g/mol. The molecule has 0 saturated heterocycles. The van der Waals surface area contributed by atoms with Gasteiger partial charge >= 0.3 is 0 Å². The number of nitriles is 1. The van der Waals surface area contributed by atoms with Crippen molar-refractivity contribution in [1.29, 1.82) is 5.26 Å². The third-order valence-corrected chi connectivity index (χ3v) is 2.87. The smallest absolute Gasteiger partial charge is 0.102 e. The predicted molar refractivity (Wildman–Crippen MR) is 54.8 cm³/mol. The molecule has 0 amide bonds. The molecule has 2 nitrogen and oxygen atoms in total. The third kappa shape index (κ3) is 1.84. The van der Waals surface area contributed by atoms with Crippen molar-refractivity contribution in [3.8, 4) is 6.07 Å². The predicted octanol–water partition coefficient (Wildman–Crippen LogP) is 2.55. The zero-order valence-electron chi connectivity index (χ0n) is 8.09. The zero-order chi connectivity index (χ0) is 9.84. The molecule has 0 saturated carbocycles. The van der Waals surface area contributed by atoms with Gasteiger partial charge in [-0.1, -0.05) is 6.92 Å². The van der Waals surface area contributed by atoms with E-state index in [0.717, 1.165) is 28.1 Å². The van der Waals surface area contributed by atoms with Gasteiger partial charge in [0.05, 0.1) is 11.3 Å². The fourth-order valence-electron chi connectivity index (χ4n) is 1.24. The lowest BCUT2D eigenvalue weighted by Crippen LogP contribution is -1.96. The molecule has 0 aliphatic heterocycles. The van der Waals surface area contributed by atoms with Crippen molar-refractivity contribution in [3.63, 3.8) is 0 Å². The van der Waals surface area contributed by atoms with Gasteiger partial charge in [-0.25, -0.2) is 0 Å². The summed E-state index contributed by atoms with van der Waals surface area (Å²) < 4.78 is 0. The van der Waals surface area contributed by atoms with Crippen LogP contribution in [0.25, 0.3) is 0 Å². The molecule has 0 atom stereocenters. The number of hydrogen-bond acceptors (Lipinski definition) is 3. The van der Waals surface area contributed by atoms with Gasteiger partial charge in [0.2, 0.25) is 0 Å². The molecule has 0 spiro atoms. The Kier molecular flexibility index (Phi) is 3.32. The molecule has 0 fully saturated rings. The highest BCUT2D eigenvalue weighted by atomic mass is 32.2. The van der Waals surface area contributed by atoms with Crippen molar-refractivity contribution in [2.75, 3.05) is 6.26 Å². The summed E-state index contributed by atoms with van der Waals surface area (Å²) in [7, 11) is 0. The molecule has 1 aromatic rings. The number of pyridine rings is 1. The van der Waals surface area contributed by atoms with Gasteiger partial charge in [0.1, 0.15) is 6.07 Å². The Morgan fingerprint density at radius 1 is 1.62 bits per heavy atom. The average molecular weight is 192 g/mol. The van der Waals surface area contributed by atoms with E-state index < -0.39 is 0 Å². The van der Waals surface area contributed by atoms with Gasteiger partial charge in [-0.05, 0) is 25.2 Å². The van der Waals surface area contributed by atoms with E-state index in [1.807, 2.05) is 19.4 Å². The largest absolute Gasteiger partial charge is 0.260 e. The number of rotatable bonds is 2. The molecule has 0 aliphatic rings. The lowest BCUT2D eigenvalue weighted by molar-refractivity contribution is 1.01. The lowest BCUT2D eigenvalue weighted by atomic mass is 10.1. The summed E-state index contributed by atoms with van der Waals surface area (Å²) in [6, 6.07) is 2.21. The number of aromatic nitrogens is 1. The third-order valence-electron chi connectivity index (χ3n) is 1.99. The summed E-state index contributed by atoms with van der Waals surface area (Å²) in [5, 5.41) is 8.95. The molecule has 1 rings (SSSR count). The van der Waals surface area contributed by atoms with Crippen LogP contribution in [-0.4, -0.2) is 11.2 Å². The minimum absolute atomic E-state index is 0.729. The van der Waals surface area contributed by atoms with Crippen LogP contribution in [0.1, 0.15) is 23.7 Å². The maximum absolute atomic E-state index is 8.95. The normalized spacial score (nSPS) is 9.69. The fraction of sp³-hybridized carbons (Fsp3) is 0.400. The SMILES string of the molecule is CCc1cnc(C)c(C#N)c1SC. The molecule has 0 bridgehead atoms. The summed E-state index contributed by atoms with van der Waals surface area (Å²) in [6.07, 6.45) is 4.79. The van der Waals surface area contributed by atoms with E-state index in [-0.39, 0.29) is 0 Å². The summed E-state index contributed by atoms with van der Waals surface area (Å²) in [5.74, 6) is 0. The van der Waals surface area contributed by atoms with Crippen molar-refractivity contribution >= 4 is 11.8 Å². The minimum Gasteiger partial charge on any atom is -0.260 e. The van der Waals surface area contributed by atoms with Gasteiger partial charge in [-0.3, -0.25) is 4.98 Å². The molecule has 1 heterocycles. The molecular formula is C10H12N2S. The number of nitrogens with zero attached hydrogens (tertiary/aromatic N) is 2. The van der Waals surface area contributed by atoms with E-state index in [4.69, 9.17) is 5.26 Å². The van der Waals surface area contributed by atoms with Crippen LogP contribution in [0.4, 0.5) is 0 Å². The summed E-state index contributed by atoms with van der Waals surface area (Å²) in [4.78, 5) is 5.27. The summed E-state index contributed by atoms with van der Waals surface area (Å²) >= 11 is 1.62. The second kappa shape index (κ2) is 4.29. The van der Waals surface area contributed by atoms with Crippen LogP contribution < -0.4 is 0 Å². The first-order valence-corrected chi connectivity index (χ1v) is 5.39. The molecule has 13 heavy (non-hydrogen) atoms. The van der Waals surface area contributed by atoms with E-state index >= 15 is 0 Å². The standard InChI is InChI=1S/C10H12N2S/c1-4-8-6-12-7(2)9(5-11)10(8)13-3/h6H,4H2,1-3H3. The molecular weight excluding hydrogens is 180 g/mol. The summed E-state index contributed by atoms with van der Waals surface area (Å²) in [5.41, 5.74) is 2.71. The number of hydrogen-bond donors (Lipinski definition) is 0. The topological polar surface area (TPSA) is 36.7 Å². The molecule has 0 aliphatic carbocycles. The first-order chi connectivity index (χ1) is 6.24. The first kappa shape index (κ1) is 10.1. The molecule has 0 unspecified atom stereocenters. The van der Waals surface area contributed by atoms with Crippen molar-refractivity contribution in [2.45, 2.75) is 25.2 Å². The molecule has 1 aromatic heterocycles. The van der Waals surface area contributed by atoms with Crippen molar-refractivity contribution in [2.24, 2.45) is 0 Å². The van der Waals surface area contributed by atoms with Gasteiger partial charge in [0.25, 0.3) is 0 Å². The van der Waals surface area contributed by atoms with Gasteiger partial charge in [-0.15, -0.1) is 11.8 Å². The highest BCUT2D eigenvalue weighted by molar-refractivity contribution is 7.98. The van der Waals surface area contributed by atoms with Crippen LogP contribution in [0.3, 0.4) is 0 Å². The number of aryl methyl sites for hydroxylation is 2. The van der Waals surface area contributed by atoms with Gasteiger partial charge in [0, 0.05) is 11.1 Å². The van der Waals surface area contributed by atoms with Crippen LogP contribution in [0, 0.1) is 18.3 Å². The maximum atomic E-state index is 8.95. The van der Waals surface area contributed by atoms with Gasteiger partial charge in [-0.2, -0.15) is 5.26 Å². The summed E-state index contributed by atoms with van der Waals surface area (Å²) in [6.45, 7) is 3.95. The zero-order valence-corrected chi connectivity index (χ0v) is 8.90. The first-order valence-electron chi connectivity index (χ1n) is 4.17. The molecule has 3 heteroatoms. The number of thioether (sulfide) groups is 1. The Bertz CT molecular complexity index is 353. The minimum atomic E-state index is 0.729. The van der Waals surface area contributed by atoms with E-state index in [1.54, 1.807) is 11.8 Å². The van der Waals surface area contributed by atoms with Crippen LogP contribution >= 0.6 is 11.8 Å². The lowest BCUT2D eigenvalue weighted by Gasteiger charge is -2.07. The quantitative estimate of drug-likeness (QED) is 0.676. The Morgan fingerprint density at radius 3 is 2.77 bits per heavy atom. The molecule has 0 aromatic carbocycles. The van der Waals surface area contributed by atoms with E-state index in [9.17, 15) is 0 Å². The van der Waals surface area contributed by atoms with Crippen molar-refractivity contribution < 1.29 is 0 Å². The fourth-order valence-corrected chi connectivity index (χ4v) is 2.10. The van der Waals surface area contributed by atoms with Crippen LogP contribution in [0.15, 0.2) is 11.1 Å². The maximum Gasteiger partial charge on any atom is 0.102 e. The molecule has 0 N–H and O–H groups in total.